The van der Waals surface area contributed by atoms with Crippen LogP contribution in [0, 0.1) is 10.5 Å². The number of carbonyl (C=O) groups excluding carboxylic acids is 1. The lowest BCUT2D eigenvalue weighted by atomic mass is 10.1. The summed E-state index contributed by atoms with van der Waals surface area (Å²) in [6.07, 6.45) is 0. The van der Waals surface area contributed by atoms with Gasteiger partial charge in [0.15, 0.2) is 0 Å². The van der Waals surface area contributed by atoms with Crippen LogP contribution in [0.2, 0.25) is 10.0 Å². The first-order chi connectivity index (χ1) is 15.6. The Morgan fingerprint density at radius 1 is 1.00 bits per heavy atom. The highest BCUT2D eigenvalue weighted by molar-refractivity contribution is 14.1. The zero-order valence-corrected chi connectivity index (χ0v) is 22.2. The van der Waals surface area contributed by atoms with E-state index in [1.807, 2.05) is 31.2 Å². The van der Waals surface area contributed by atoms with Crippen molar-refractivity contribution in [3.63, 3.8) is 0 Å². The minimum Gasteiger partial charge on any atom is -0.271 e. The van der Waals surface area contributed by atoms with Crippen LogP contribution < -0.4 is 9.73 Å². The number of sulfonamides is 1. The van der Waals surface area contributed by atoms with Crippen molar-refractivity contribution in [1.82, 2.24) is 5.43 Å². The molecule has 0 spiro atoms. The summed E-state index contributed by atoms with van der Waals surface area (Å²) in [7, 11) is -4.09. The number of anilines is 1. The van der Waals surface area contributed by atoms with Gasteiger partial charge in [-0.3, -0.25) is 9.10 Å². The number of amides is 1. The smallest absolute Gasteiger partial charge is 0.264 e. The van der Waals surface area contributed by atoms with Crippen LogP contribution in [0.4, 0.5) is 5.69 Å². The number of nitrogens with zero attached hydrogens (tertiary/aromatic N) is 2. The van der Waals surface area contributed by atoms with Gasteiger partial charge in [-0.2, -0.15) is 5.10 Å². The van der Waals surface area contributed by atoms with Gasteiger partial charge in [0.2, 0.25) is 0 Å². The fourth-order valence-corrected chi connectivity index (χ4v) is 5.18. The Bertz CT molecular complexity index is 1280. The third-order valence-corrected chi connectivity index (χ3v) is 7.59. The maximum atomic E-state index is 13.4. The minimum atomic E-state index is -4.09. The van der Waals surface area contributed by atoms with Crippen molar-refractivity contribution in [3.8, 4) is 0 Å². The molecule has 10 heteroatoms. The van der Waals surface area contributed by atoms with Crippen LogP contribution in [0.3, 0.4) is 0 Å². The maximum Gasteiger partial charge on any atom is 0.264 e. The molecule has 172 valence electrons. The van der Waals surface area contributed by atoms with Crippen LogP contribution in [0.25, 0.3) is 0 Å². The molecule has 3 rings (SSSR count). The second-order valence-corrected chi connectivity index (χ2v) is 11.2. The van der Waals surface area contributed by atoms with Gasteiger partial charge in [-0.05, 0) is 84.5 Å². The minimum absolute atomic E-state index is 0.0376. The zero-order chi connectivity index (χ0) is 24.2. The number of aryl methyl sites for hydroxylation is 1. The molecule has 6 nitrogen and oxygen atoms in total. The SMILES string of the molecule is C/C(=N/NC(=O)CN(c1cc(Cl)cc(Cl)c1)S(=O)(=O)c1ccc(C)cc1)c1ccc(I)cc1. The summed E-state index contributed by atoms with van der Waals surface area (Å²) in [5, 5.41) is 4.60. The summed E-state index contributed by atoms with van der Waals surface area (Å²) < 4.78 is 28.9. The topological polar surface area (TPSA) is 78.8 Å². The molecule has 1 N–H and O–H groups in total. The number of nitrogens with one attached hydrogen (secondary N) is 1. The molecule has 0 aromatic heterocycles. The van der Waals surface area contributed by atoms with Crippen LogP contribution in [0.15, 0.2) is 76.7 Å². The van der Waals surface area contributed by atoms with E-state index in [1.54, 1.807) is 19.1 Å². The van der Waals surface area contributed by atoms with E-state index < -0.39 is 22.5 Å². The number of benzene rings is 3. The fourth-order valence-electron chi connectivity index (χ4n) is 2.90. The van der Waals surface area contributed by atoms with Crippen molar-refractivity contribution in [3.05, 3.63) is 91.5 Å². The molecule has 0 aliphatic carbocycles. The van der Waals surface area contributed by atoms with E-state index in [1.165, 1.54) is 30.3 Å². The first-order valence-electron chi connectivity index (χ1n) is 9.71. The predicted molar refractivity (Wildman–Crippen MR) is 142 cm³/mol. The van der Waals surface area contributed by atoms with E-state index in [0.717, 1.165) is 19.0 Å². The van der Waals surface area contributed by atoms with Crippen LogP contribution >= 0.6 is 45.8 Å². The number of hydrogen-bond donors (Lipinski definition) is 1. The van der Waals surface area contributed by atoms with Crippen molar-refractivity contribution < 1.29 is 13.2 Å². The van der Waals surface area contributed by atoms with Crippen LogP contribution in [0.5, 0.6) is 0 Å². The van der Waals surface area contributed by atoms with Gasteiger partial charge in [-0.1, -0.05) is 53.0 Å². The molecular weight excluding hydrogens is 596 g/mol. The Kier molecular flexibility index (Phi) is 8.38. The Morgan fingerprint density at radius 3 is 2.15 bits per heavy atom. The van der Waals surface area contributed by atoms with E-state index in [-0.39, 0.29) is 20.6 Å². The van der Waals surface area contributed by atoms with Crippen LogP contribution in [-0.2, 0) is 14.8 Å². The lowest BCUT2D eigenvalue weighted by molar-refractivity contribution is -0.119. The first kappa shape index (κ1) is 25.5. The highest BCUT2D eigenvalue weighted by atomic mass is 127. The van der Waals surface area contributed by atoms with Gasteiger partial charge in [0.25, 0.3) is 15.9 Å². The van der Waals surface area contributed by atoms with Crippen molar-refractivity contribution >= 4 is 73.1 Å². The van der Waals surface area contributed by atoms with Crippen LogP contribution in [-0.4, -0.2) is 26.6 Å². The molecule has 33 heavy (non-hydrogen) atoms. The van der Waals surface area contributed by atoms with Gasteiger partial charge in [0, 0.05) is 13.6 Å². The maximum absolute atomic E-state index is 13.4. The molecule has 0 atom stereocenters. The molecule has 3 aromatic carbocycles. The van der Waals surface area contributed by atoms with Crippen molar-refractivity contribution in [2.24, 2.45) is 5.10 Å². The second-order valence-electron chi connectivity index (χ2n) is 7.19. The van der Waals surface area contributed by atoms with E-state index in [9.17, 15) is 13.2 Å². The van der Waals surface area contributed by atoms with Crippen molar-refractivity contribution in [1.29, 1.82) is 0 Å². The first-order valence-corrected chi connectivity index (χ1v) is 13.0. The molecule has 0 radical (unpaired) electrons. The molecule has 0 aliphatic heterocycles. The van der Waals surface area contributed by atoms with Gasteiger partial charge < -0.3 is 0 Å². The van der Waals surface area contributed by atoms with Gasteiger partial charge in [-0.15, -0.1) is 0 Å². The van der Waals surface area contributed by atoms with Gasteiger partial charge in [0.1, 0.15) is 6.54 Å². The number of rotatable bonds is 7. The Morgan fingerprint density at radius 2 is 1.58 bits per heavy atom. The molecule has 1 amide bonds. The quantitative estimate of drug-likeness (QED) is 0.212. The van der Waals surface area contributed by atoms with E-state index in [4.69, 9.17) is 23.2 Å². The number of hydrazone groups is 1. The van der Waals surface area contributed by atoms with Crippen molar-refractivity contribution in [2.45, 2.75) is 18.7 Å². The van der Waals surface area contributed by atoms with E-state index in [0.29, 0.717) is 5.71 Å². The Labute approximate surface area is 216 Å². The summed E-state index contributed by atoms with van der Waals surface area (Å²) in [6, 6.07) is 18.3. The largest absolute Gasteiger partial charge is 0.271 e. The molecule has 0 heterocycles. The molecule has 0 unspecified atom stereocenters. The number of carbonyl (C=O) groups is 1. The predicted octanol–water partition coefficient (Wildman–Crippen LogP) is 5.64. The van der Waals surface area contributed by atoms with Crippen molar-refractivity contribution in [2.75, 3.05) is 10.8 Å². The third-order valence-electron chi connectivity index (χ3n) is 4.64. The normalized spacial score (nSPS) is 11.8. The summed E-state index contributed by atoms with van der Waals surface area (Å²) in [4.78, 5) is 12.8. The summed E-state index contributed by atoms with van der Waals surface area (Å²) in [6.45, 7) is 3.09. The van der Waals surface area contributed by atoms with E-state index in [2.05, 4.69) is 33.1 Å². The highest BCUT2D eigenvalue weighted by Gasteiger charge is 2.27. The van der Waals surface area contributed by atoms with E-state index >= 15 is 0 Å². The summed E-state index contributed by atoms with van der Waals surface area (Å²) >= 11 is 14.4. The lowest BCUT2D eigenvalue weighted by Crippen LogP contribution is -2.39. The highest BCUT2D eigenvalue weighted by Crippen LogP contribution is 2.29. The molecule has 0 saturated carbocycles. The van der Waals surface area contributed by atoms with Gasteiger partial charge in [0.05, 0.1) is 16.3 Å². The summed E-state index contributed by atoms with van der Waals surface area (Å²) in [5.74, 6) is -0.619. The molecule has 0 fully saturated rings. The molecule has 0 bridgehead atoms. The Balaban J connectivity index is 1.91. The molecule has 3 aromatic rings. The van der Waals surface area contributed by atoms with Gasteiger partial charge >= 0.3 is 0 Å². The zero-order valence-electron chi connectivity index (χ0n) is 17.7. The molecule has 0 aliphatic rings. The number of halogens is 3. The monoisotopic (exact) mass is 615 g/mol. The molecular formula is C23H20Cl2IN3O3S. The lowest BCUT2D eigenvalue weighted by Gasteiger charge is -2.24. The van der Waals surface area contributed by atoms with Crippen LogP contribution in [0.1, 0.15) is 18.1 Å². The third kappa shape index (κ3) is 6.69. The Hall–Kier alpha value is -2.14. The standard InChI is InChI=1S/C23H20Cl2IN3O3S/c1-15-3-9-22(10-4-15)33(31,32)29(21-12-18(24)11-19(25)13-21)14-23(30)28-27-16(2)17-5-7-20(26)8-6-17/h3-13H,14H2,1-2H3,(H,28,30)/b27-16-. The second kappa shape index (κ2) is 10.9. The fraction of sp³-hybridized carbons (Fsp3) is 0.130. The average Bonchev–Trinajstić information content (AvgIpc) is 2.75. The molecule has 0 saturated heterocycles. The average molecular weight is 616 g/mol. The number of hydrogen-bond acceptors (Lipinski definition) is 4. The summed E-state index contributed by atoms with van der Waals surface area (Å²) in [5.41, 5.74) is 4.92. The van der Waals surface area contributed by atoms with Gasteiger partial charge in [-0.25, -0.2) is 13.8 Å².